The van der Waals surface area contributed by atoms with Gasteiger partial charge in [-0.2, -0.15) is 0 Å². The first kappa shape index (κ1) is 13.3. The van der Waals surface area contributed by atoms with E-state index in [2.05, 4.69) is 34.2 Å². The molecule has 0 amide bonds. The molecule has 1 aromatic carbocycles. The second-order valence-electron chi connectivity index (χ2n) is 4.31. The number of nitrogens with one attached hydrogen (secondary N) is 1. The molecule has 4 heteroatoms. The van der Waals surface area contributed by atoms with Crippen LogP contribution in [0.25, 0.3) is 0 Å². The number of halogens is 2. The maximum atomic E-state index is 5.96. The minimum atomic E-state index is 0.181. The SMILES string of the molecule is CCNCC1CCOC1c1ccc(Cl)cc1Br. The maximum Gasteiger partial charge on any atom is 0.0876 e. The van der Waals surface area contributed by atoms with Crippen molar-refractivity contribution in [3.63, 3.8) is 0 Å². The minimum Gasteiger partial charge on any atom is -0.373 e. The summed E-state index contributed by atoms with van der Waals surface area (Å²) in [6.45, 7) is 4.99. The first-order valence-electron chi connectivity index (χ1n) is 5.99. The van der Waals surface area contributed by atoms with Crippen LogP contribution >= 0.6 is 27.5 Å². The summed E-state index contributed by atoms with van der Waals surface area (Å²) >= 11 is 9.53. The lowest BCUT2D eigenvalue weighted by atomic mass is 9.95. The lowest BCUT2D eigenvalue weighted by molar-refractivity contribution is 0.0901. The molecule has 2 atom stereocenters. The molecule has 0 spiro atoms. The normalized spacial score (nSPS) is 24.2. The fraction of sp³-hybridized carbons (Fsp3) is 0.538. The third kappa shape index (κ3) is 3.22. The lowest BCUT2D eigenvalue weighted by Crippen LogP contribution is -2.24. The van der Waals surface area contributed by atoms with Gasteiger partial charge in [-0.3, -0.25) is 0 Å². The van der Waals surface area contributed by atoms with E-state index in [4.69, 9.17) is 16.3 Å². The molecule has 1 aromatic rings. The minimum absolute atomic E-state index is 0.181. The van der Waals surface area contributed by atoms with Gasteiger partial charge in [-0.25, -0.2) is 0 Å². The Hall–Kier alpha value is -0.0900. The van der Waals surface area contributed by atoms with Gasteiger partial charge in [-0.05, 0) is 30.7 Å². The van der Waals surface area contributed by atoms with Crippen molar-refractivity contribution in [3.8, 4) is 0 Å². The summed E-state index contributed by atoms with van der Waals surface area (Å²) in [6.07, 6.45) is 1.30. The number of ether oxygens (including phenoxy) is 1. The molecule has 1 N–H and O–H groups in total. The number of hydrogen-bond acceptors (Lipinski definition) is 2. The molecule has 0 saturated carbocycles. The Morgan fingerprint density at radius 1 is 1.53 bits per heavy atom. The summed E-state index contributed by atoms with van der Waals surface area (Å²) in [5, 5.41) is 4.15. The molecule has 1 saturated heterocycles. The van der Waals surface area contributed by atoms with Crippen molar-refractivity contribution in [1.82, 2.24) is 5.32 Å². The molecule has 1 aliphatic heterocycles. The molecule has 0 aromatic heterocycles. The van der Waals surface area contributed by atoms with Crippen LogP contribution in [-0.4, -0.2) is 19.7 Å². The van der Waals surface area contributed by atoms with Crippen LogP contribution in [0.2, 0.25) is 5.02 Å². The molecule has 2 rings (SSSR count). The molecule has 2 nitrogen and oxygen atoms in total. The Labute approximate surface area is 116 Å². The Balaban J connectivity index is 2.14. The number of hydrogen-bond donors (Lipinski definition) is 1. The molecule has 17 heavy (non-hydrogen) atoms. The first-order chi connectivity index (χ1) is 8.22. The van der Waals surface area contributed by atoms with E-state index in [-0.39, 0.29) is 6.10 Å². The second-order valence-corrected chi connectivity index (χ2v) is 5.60. The molecule has 0 bridgehead atoms. The van der Waals surface area contributed by atoms with Gasteiger partial charge in [0.1, 0.15) is 0 Å². The van der Waals surface area contributed by atoms with Crippen LogP contribution < -0.4 is 5.32 Å². The van der Waals surface area contributed by atoms with Crippen LogP contribution in [0.3, 0.4) is 0 Å². The highest BCUT2D eigenvalue weighted by molar-refractivity contribution is 9.10. The van der Waals surface area contributed by atoms with Crippen LogP contribution in [0.4, 0.5) is 0 Å². The Morgan fingerprint density at radius 2 is 2.35 bits per heavy atom. The molecule has 94 valence electrons. The average Bonchev–Trinajstić information content (AvgIpc) is 2.74. The van der Waals surface area contributed by atoms with Crippen LogP contribution in [0.5, 0.6) is 0 Å². The van der Waals surface area contributed by atoms with E-state index in [1.807, 2.05) is 12.1 Å². The largest absolute Gasteiger partial charge is 0.373 e. The van der Waals surface area contributed by atoms with Crippen molar-refractivity contribution in [2.45, 2.75) is 19.4 Å². The first-order valence-corrected chi connectivity index (χ1v) is 7.16. The standard InChI is InChI=1S/C13H17BrClNO/c1-2-16-8-9-5-6-17-13(9)11-4-3-10(15)7-12(11)14/h3-4,7,9,13,16H,2,5-6,8H2,1H3. The molecular weight excluding hydrogens is 302 g/mol. The topological polar surface area (TPSA) is 21.3 Å². The number of benzene rings is 1. The van der Waals surface area contributed by atoms with Crippen molar-refractivity contribution in [2.24, 2.45) is 5.92 Å². The van der Waals surface area contributed by atoms with Gasteiger partial charge in [0.05, 0.1) is 6.10 Å². The van der Waals surface area contributed by atoms with Crippen molar-refractivity contribution < 1.29 is 4.74 Å². The van der Waals surface area contributed by atoms with Crippen molar-refractivity contribution in [3.05, 3.63) is 33.3 Å². The fourth-order valence-electron chi connectivity index (χ4n) is 2.25. The summed E-state index contributed by atoms with van der Waals surface area (Å²) < 4.78 is 6.90. The molecule has 0 radical (unpaired) electrons. The summed E-state index contributed by atoms with van der Waals surface area (Å²) in [6, 6.07) is 5.91. The third-order valence-electron chi connectivity index (χ3n) is 3.14. The van der Waals surface area contributed by atoms with E-state index in [1.54, 1.807) is 0 Å². The van der Waals surface area contributed by atoms with E-state index in [0.717, 1.165) is 35.6 Å². The van der Waals surface area contributed by atoms with Gasteiger partial charge in [0.15, 0.2) is 0 Å². The molecular formula is C13H17BrClNO. The maximum absolute atomic E-state index is 5.96. The highest BCUT2D eigenvalue weighted by atomic mass is 79.9. The average molecular weight is 319 g/mol. The van der Waals surface area contributed by atoms with Gasteiger partial charge in [-0.15, -0.1) is 0 Å². The van der Waals surface area contributed by atoms with Gasteiger partial charge in [0.25, 0.3) is 0 Å². The molecule has 1 aliphatic rings. The molecule has 2 unspecified atom stereocenters. The van der Waals surface area contributed by atoms with Crippen LogP contribution in [0, 0.1) is 5.92 Å². The monoisotopic (exact) mass is 317 g/mol. The van der Waals surface area contributed by atoms with Crippen molar-refractivity contribution in [1.29, 1.82) is 0 Å². The highest BCUT2D eigenvalue weighted by Gasteiger charge is 2.30. The lowest BCUT2D eigenvalue weighted by Gasteiger charge is -2.20. The third-order valence-corrected chi connectivity index (χ3v) is 4.06. The zero-order valence-corrected chi connectivity index (χ0v) is 12.2. The van der Waals surface area contributed by atoms with E-state index < -0.39 is 0 Å². The van der Waals surface area contributed by atoms with Crippen LogP contribution in [-0.2, 0) is 4.74 Å². The van der Waals surface area contributed by atoms with Crippen molar-refractivity contribution in [2.75, 3.05) is 19.7 Å². The molecule has 1 heterocycles. The summed E-state index contributed by atoms with van der Waals surface area (Å²) in [4.78, 5) is 0. The fourth-order valence-corrected chi connectivity index (χ4v) is 3.16. The van der Waals surface area contributed by atoms with E-state index >= 15 is 0 Å². The molecule has 0 aliphatic carbocycles. The quantitative estimate of drug-likeness (QED) is 0.912. The van der Waals surface area contributed by atoms with Crippen molar-refractivity contribution >= 4 is 27.5 Å². The Bertz CT molecular complexity index is 386. The molecule has 1 fully saturated rings. The van der Waals surface area contributed by atoms with Gasteiger partial charge in [-0.1, -0.05) is 40.5 Å². The Kier molecular flexibility index (Phi) is 4.86. The van der Waals surface area contributed by atoms with Gasteiger partial charge in [0.2, 0.25) is 0 Å². The van der Waals surface area contributed by atoms with Gasteiger partial charge in [0, 0.05) is 28.6 Å². The zero-order valence-electron chi connectivity index (χ0n) is 9.88. The van der Waals surface area contributed by atoms with Crippen LogP contribution in [0.1, 0.15) is 25.0 Å². The smallest absolute Gasteiger partial charge is 0.0876 e. The summed E-state index contributed by atoms with van der Waals surface area (Å²) in [5.74, 6) is 0.549. The summed E-state index contributed by atoms with van der Waals surface area (Å²) in [7, 11) is 0. The highest BCUT2D eigenvalue weighted by Crippen LogP contribution is 2.38. The van der Waals surface area contributed by atoms with Gasteiger partial charge >= 0.3 is 0 Å². The van der Waals surface area contributed by atoms with E-state index in [0.29, 0.717) is 5.92 Å². The predicted octanol–water partition coefficient (Wildman–Crippen LogP) is 3.79. The number of rotatable bonds is 4. The van der Waals surface area contributed by atoms with Gasteiger partial charge < -0.3 is 10.1 Å². The Morgan fingerprint density at radius 3 is 3.06 bits per heavy atom. The van der Waals surface area contributed by atoms with Crippen LogP contribution in [0.15, 0.2) is 22.7 Å². The second kappa shape index (κ2) is 6.19. The zero-order chi connectivity index (χ0) is 12.3. The van der Waals surface area contributed by atoms with E-state index in [9.17, 15) is 0 Å². The van der Waals surface area contributed by atoms with E-state index in [1.165, 1.54) is 5.56 Å². The summed E-state index contributed by atoms with van der Waals surface area (Å²) in [5.41, 5.74) is 1.20. The predicted molar refractivity (Wildman–Crippen MR) is 74.5 cm³/mol.